The number of aliphatic carboxylic acids is 1. The highest BCUT2D eigenvalue weighted by Crippen LogP contribution is 2.41. The molecule has 2 aliphatic heterocycles. The first kappa shape index (κ1) is 27.2. The van der Waals surface area contributed by atoms with Crippen LogP contribution in [0.15, 0.2) is 71.8 Å². The van der Waals surface area contributed by atoms with Crippen molar-refractivity contribution in [3.8, 4) is 0 Å². The Kier molecular flexibility index (Phi) is 8.41. The summed E-state index contributed by atoms with van der Waals surface area (Å²) in [4.78, 5) is 12.7. The maximum Gasteiger partial charge on any atom is 0.328 e. The SMILES string of the molecule is CSCC[C@@H](C(=O)O)N(C1=NN(c2ccc(Cl)cc2Cl)C(c2ccc(Cl)cc2)C1)N1Cc2ccccc2C1. The van der Waals surface area contributed by atoms with Crippen molar-refractivity contribution >= 4 is 64.1 Å². The van der Waals surface area contributed by atoms with Gasteiger partial charge in [-0.1, -0.05) is 71.2 Å². The maximum absolute atomic E-state index is 12.7. The molecule has 6 nitrogen and oxygen atoms in total. The number of hydrogen-bond acceptors (Lipinski definition) is 6. The second kappa shape index (κ2) is 11.8. The quantitative estimate of drug-likeness (QED) is 0.296. The van der Waals surface area contributed by atoms with E-state index in [4.69, 9.17) is 39.9 Å². The van der Waals surface area contributed by atoms with E-state index in [9.17, 15) is 9.90 Å². The molecular weight excluding hydrogens is 563 g/mol. The maximum atomic E-state index is 12.7. The van der Waals surface area contributed by atoms with Gasteiger partial charge >= 0.3 is 5.97 Å². The molecule has 0 bridgehead atoms. The van der Waals surface area contributed by atoms with Crippen LogP contribution in [-0.4, -0.2) is 45.0 Å². The van der Waals surface area contributed by atoms with Crippen LogP contribution in [0.3, 0.4) is 0 Å². The van der Waals surface area contributed by atoms with Crippen LogP contribution in [0.4, 0.5) is 5.69 Å². The average molecular weight is 590 g/mol. The number of carboxylic acids is 1. The fourth-order valence-electron chi connectivity index (χ4n) is 5.05. The first-order valence-electron chi connectivity index (χ1n) is 12.3. The number of halogens is 3. The fourth-order valence-corrected chi connectivity index (χ4v) is 6.13. The molecule has 0 amide bonds. The van der Waals surface area contributed by atoms with Crippen LogP contribution in [-0.2, 0) is 17.9 Å². The molecule has 2 aliphatic rings. The molecular formula is C28H27Cl3N4O2S. The van der Waals surface area contributed by atoms with Gasteiger partial charge in [-0.3, -0.25) is 10.0 Å². The van der Waals surface area contributed by atoms with Gasteiger partial charge in [-0.15, -0.1) is 0 Å². The molecule has 5 rings (SSSR count). The Balaban J connectivity index is 1.58. The highest BCUT2D eigenvalue weighted by atomic mass is 35.5. The largest absolute Gasteiger partial charge is 0.480 e. The Morgan fingerprint density at radius 3 is 2.32 bits per heavy atom. The van der Waals surface area contributed by atoms with Crippen LogP contribution in [0.2, 0.25) is 15.1 Å². The third-order valence-corrected chi connectivity index (χ3v) is 8.31. The van der Waals surface area contributed by atoms with E-state index in [0.717, 1.165) is 11.3 Å². The van der Waals surface area contributed by atoms with Gasteiger partial charge < -0.3 is 5.11 Å². The van der Waals surface area contributed by atoms with Gasteiger partial charge in [0.15, 0.2) is 0 Å². The van der Waals surface area contributed by atoms with E-state index in [2.05, 4.69) is 17.1 Å². The summed E-state index contributed by atoms with van der Waals surface area (Å²) in [5, 5.41) is 23.0. The summed E-state index contributed by atoms with van der Waals surface area (Å²) >= 11 is 20.7. The number of nitrogens with zero attached hydrogens (tertiary/aromatic N) is 4. The van der Waals surface area contributed by atoms with Gasteiger partial charge in [0.2, 0.25) is 0 Å². The molecule has 0 saturated heterocycles. The molecule has 0 fully saturated rings. The third kappa shape index (κ3) is 5.63. The summed E-state index contributed by atoms with van der Waals surface area (Å²) in [5.74, 6) is 0.524. The Labute approximate surface area is 241 Å². The number of carbonyl (C=O) groups is 1. The third-order valence-electron chi connectivity index (χ3n) is 6.87. The van der Waals surface area contributed by atoms with Crippen molar-refractivity contribution in [3.05, 3.63) is 98.5 Å². The number of amidine groups is 1. The number of thioether (sulfide) groups is 1. The first-order chi connectivity index (χ1) is 18.4. The van der Waals surface area contributed by atoms with Crippen molar-refractivity contribution in [2.45, 2.75) is 38.0 Å². The number of fused-ring (bicyclic) bond motifs is 1. The molecule has 1 unspecified atom stereocenters. The molecule has 0 radical (unpaired) electrons. The molecule has 1 N–H and O–H groups in total. The number of anilines is 1. The molecule has 0 aliphatic carbocycles. The topological polar surface area (TPSA) is 59.4 Å². The molecule has 38 heavy (non-hydrogen) atoms. The highest BCUT2D eigenvalue weighted by Gasteiger charge is 2.41. The Hall–Kier alpha value is -2.42. The second-order valence-corrected chi connectivity index (χ2v) is 11.6. The molecule has 2 heterocycles. The highest BCUT2D eigenvalue weighted by molar-refractivity contribution is 7.98. The van der Waals surface area contributed by atoms with E-state index in [1.165, 1.54) is 11.1 Å². The van der Waals surface area contributed by atoms with E-state index in [-0.39, 0.29) is 6.04 Å². The van der Waals surface area contributed by atoms with Crippen molar-refractivity contribution in [3.63, 3.8) is 0 Å². The molecule has 198 valence electrons. The van der Waals surface area contributed by atoms with Crippen LogP contribution in [0.1, 0.15) is 35.6 Å². The smallest absolute Gasteiger partial charge is 0.328 e. The normalized spacial score (nSPS) is 17.8. The molecule has 3 aromatic carbocycles. The minimum Gasteiger partial charge on any atom is -0.480 e. The second-order valence-electron chi connectivity index (χ2n) is 9.30. The lowest BCUT2D eigenvalue weighted by atomic mass is 10.0. The molecule has 0 spiro atoms. The molecule has 0 saturated carbocycles. The van der Waals surface area contributed by atoms with E-state index in [1.807, 2.05) is 58.7 Å². The Morgan fingerprint density at radius 2 is 1.71 bits per heavy atom. The van der Waals surface area contributed by atoms with E-state index in [0.29, 0.717) is 52.5 Å². The van der Waals surface area contributed by atoms with Crippen LogP contribution in [0, 0.1) is 0 Å². The predicted molar refractivity (Wildman–Crippen MR) is 157 cm³/mol. The number of hydrazone groups is 1. The van der Waals surface area contributed by atoms with Crippen molar-refractivity contribution in [2.75, 3.05) is 17.0 Å². The summed E-state index contributed by atoms with van der Waals surface area (Å²) in [6.45, 7) is 1.23. The van der Waals surface area contributed by atoms with Gasteiger partial charge in [0, 0.05) is 29.6 Å². The van der Waals surface area contributed by atoms with Crippen molar-refractivity contribution in [2.24, 2.45) is 5.10 Å². The van der Waals surface area contributed by atoms with Crippen LogP contribution in [0.5, 0.6) is 0 Å². The molecule has 2 atom stereocenters. The van der Waals surface area contributed by atoms with Crippen LogP contribution >= 0.6 is 46.6 Å². The monoisotopic (exact) mass is 588 g/mol. The average Bonchev–Trinajstić information content (AvgIpc) is 3.51. The fraction of sp³-hybridized carbons (Fsp3) is 0.286. The van der Waals surface area contributed by atoms with E-state index < -0.39 is 12.0 Å². The number of benzene rings is 3. The standard InChI is InChI=1S/C28H27Cl3N4O2S/c1-38-13-12-25(28(36)37)35(33-16-19-4-2-3-5-20(19)17-33)27-15-26(18-6-8-21(29)9-7-18)34(32-27)24-11-10-22(30)14-23(24)31/h2-11,14,25-26H,12-13,15-17H2,1H3,(H,36,37)/t25-,26?/m0/s1. The number of rotatable bonds is 8. The van der Waals surface area contributed by atoms with Gasteiger partial charge in [-0.25, -0.2) is 9.80 Å². The molecule has 3 aromatic rings. The van der Waals surface area contributed by atoms with Crippen LogP contribution in [0.25, 0.3) is 0 Å². The van der Waals surface area contributed by atoms with Crippen molar-refractivity contribution < 1.29 is 9.90 Å². The van der Waals surface area contributed by atoms with Crippen molar-refractivity contribution in [1.29, 1.82) is 0 Å². The minimum absolute atomic E-state index is 0.205. The molecule has 0 aromatic heterocycles. The summed E-state index contributed by atoms with van der Waals surface area (Å²) in [7, 11) is 0. The summed E-state index contributed by atoms with van der Waals surface area (Å²) in [6, 6.07) is 20.2. The summed E-state index contributed by atoms with van der Waals surface area (Å²) in [6.07, 6.45) is 2.97. The van der Waals surface area contributed by atoms with Crippen molar-refractivity contribution in [1.82, 2.24) is 10.0 Å². The summed E-state index contributed by atoms with van der Waals surface area (Å²) < 4.78 is 0. The van der Waals surface area contributed by atoms with Gasteiger partial charge in [-0.2, -0.15) is 16.9 Å². The zero-order chi connectivity index (χ0) is 26.8. The first-order valence-corrected chi connectivity index (χ1v) is 14.8. The van der Waals surface area contributed by atoms with E-state index >= 15 is 0 Å². The predicted octanol–water partition coefficient (Wildman–Crippen LogP) is 7.35. The summed E-state index contributed by atoms with van der Waals surface area (Å²) in [5.41, 5.74) is 4.08. The number of hydrazine groups is 1. The van der Waals surface area contributed by atoms with Gasteiger partial charge in [0.25, 0.3) is 0 Å². The number of carboxylic acid groups (broad SMARTS) is 1. The van der Waals surface area contributed by atoms with Gasteiger partial charge in [-0.05, 0) is 65.5 Å². The molecule has 10 heteroatoms. The van der Waals surface area contributed by atoms with Crippen LogP contribution < -0.4 is 5.01 Å². The van der Waals surface area contributed by atoms with E-state index in [1.54, 1.807) is 23.9 Å². The lowest BCUT2D eigenvalue weighted by Crippen LogP contribution is -2.53. The lowest BCUT2D eigenvalue weighted by molar-refractivity contribution is -0.148. The minimum atomic E-state index is -0.872. The zero-order valence-electron chi connectivity index (χ0n) is 20.7. The Morgan fingerprint density at radius 1 is 1.05 bits per heavy atom. The lowest BCUT2D eigenvalue weighted by Gasteiger charge is -2.37. The number of hydrogen-bond donors (Lipinski definition) is 1. The zero-order valence-corrected chi connectivity index (χ0v) is 23.8. The van der Waals surface area contributed by atoms with Gasteiger partial charge in [0.1, 0.15) is 11.9 Å². The van der Waals surface area contributed by atoms with Gasteiger partial charge in [0.05, 0.1) is 16.8 Å². The Bertz CT molecular complexity index is 1330.